The second-order valence-electron chi connectivity index (χ2n) is 9.25. The van der Waals surface area contributed by atoms with Crippen molar-refractivity contribution in [3.63, 3.8) is 0 Å². The Hall–Kier alpha value is -3.21. The average molecular weight is 492 g/mol. The number of nitrogens with zero attached hydrogens (tertiary/aromatic N) is 4. The van der Waals surface area contributed by atoms with Crippen molar-refractivity contribution in [3.8, 4) is 0 Å². The summed E-state index contributed by atoms with van der Waals surface area (Å²) >= 11 is 6.14. The van der Waals surface area contributed by atoms with Crippen LogP contribution in [0.2, 0.25) is 5.02 Å². The van der Waals surface area contributed by atoms with Crippen molar-refractivity contribution < 1.29 is 14.5 Å². The molecule has 1 aliphatic carbocycles. The van der Waals surface area contributed by atoms with E-state index in [-0.39, 0.29) is 23.5 Å². The van der Waals surface area contributed by atoms with E-state index in [0.717, 1.165) is 31.2 Å². The number of hydrogen-bond acceptors (Lipinski definition) is 9. The summed E-state index contributed by atoms with van der Waals surface area (Å²) in [6.45, 7) is 6.35. The van der Waals surface area contributed by atoms with Gasteiger partial charge in [-0.15, -0.1) is 0 Å². The molecular formula is C22H30ClN7O4. The van der Waals surface area contributed by atoms with Crippen LogP contribution in [0, 0.1) is 16.0 Å². The van der Waals surface area contributed by atoms with Gasteiger partial charge in [0.2, 0.25) is 11.8 Å². The number of nitrogens with one attached hydrogen (secondary N) is 3. The van der Waals surface area contributed by atoms with Gasteiger partial charge in [0.25, 0.3) is 0 Å². The highest BCUT2D eigenvalue weighted by atomic mass is 35.5. The Morgan fingerprint density at radius 1 is 1.24 bits per heavy atom. The van der Waals surface area contributed by atoms with Gasteiger partial charge in [0.05, 0.1) is 4.92 Å². The molecule has 0 radical (unpaired) electrons. The zero-order chi connectivity index (χ0) is 24.7. The number of anilines is 2. The van der Waals surface area contributed by atoms with Gasteiger partial charge in [-0.25, -0.2) is 9.78 Å². The highest BCUT2D eigenvalue weighted by molar-refractivity contribution is 6.31. The lowest BCUT2D eigenvalue weighted by atomic mass is 9.86. The minimum Gasteiger partial charge on any atom is -0.444 e. The molecule has 12 heteroatoms. The fraction of sp³-hybridized carbons (Fsp3) is 0.545. The third-order valence-electron chi connectivity index (χ3n) is 5.37. The van der Waals surface area contributed by atoms with Gasteiger partial charge in [0.1, 0.15) is 11.8 Å². The Bertz CT molecular complexity index is 1010. The predicted molar refractivity (Wildman–Crippen MR) is 129 cm³/mol. The van der Waals surface area contributed by atoms with Gasteiger partial charge in [-0.05, 0) is 58.4 Å². The van der Waals surface area contributed by atoms with Crippen molar-refractivity contribution in [2.75, 3.05) is 17.2 Å². The average Bonchev–Trinajstić information content (AvgIpc) is 2.76. The van der Waals surface area contributed by atoms with Crippen LogP contribution in [-0.2, 0) is 11.3 Å². The summed E-state index contributed by atoms with van der Waals surface area (Å²) < 4.78 is 5.32. The molecule has 0 spiro atoms. The summed E-state index contributed by atoms with van der Waals surface area (Å²) in [5.74, 6) is 0.712. The summed E-state index contributed by atoms with van der Waals surface area (Å²) in [7, 11) is 0. The van der Waals surface area contributed by atoms with Crippen molar-refractivity contribution in [1.29, 1.82) is 0 Å². The smallest absolute Gasteiger partial charge is 0.407 e. The second-order valence-corrected chi connectivity index (χ2v) is 9.66. The summed E-state index contributed by atoms with van der Waals surface area (Å²) in [6, 6.07) is 1.75. The first kappa shape index (κ1) is 25.4. The van der Waals surface area contributed by atoms with Gasteiger partial charge in [0.15, 0.2) is 0 Å². The van der Waals surface area contributed by atoms with Crippen LogP contribution in [0.3, 0.4) is 0 Å². The zero-order valence-corrected chi connectivity index (χ0v) is 20.3. The normalized spacial score (nSPS) is 18.1. The van der Waals surface area contributed by atoms with Gasteiger partial charge >= 0.3 is 11.8 Å². The number of aromatic nitrogens is 3. The summed E-state index contributed by atoms with van der Waals surface area (Å²) in [5.41, 5.74) is 0.0395. The molecule has 34 heavy (non-hydrogen) atoms. The van der Waals surface area contributed by atoms with Crippen molar-refractivity contribution in [3.05, 3.63) is 45.4 Å². The molecular weight excluding hydrogens is 462 g/mol. The van der Waals surface area contributed by atoms with Crippen LogP contribution in [-0.4, -0.2) is 44.2 Å². The third-order valence-corrected chi connectivity index (χ3v) is 5.74. The lowest BCUT2D eigenvalue weighted by molar-refractivity contribution is -0.384. The molecule has 2 aromatic heterocycles. The Labute approximate surface area is 203 Å². The molecule has 3 N–H and O–H groups in total. The Balaban J connectivity index is 1.53. The van der Waals surface area contributed by atoms with E-state index < -0.39 is 16.6 Å². The van der Waals surface area contributed by atoms with Crippen molar-refractivity contribution in [2.24, 2.45) is 5.92 Å². The predicted octanol–water partition coefficient (Wildman–Crippen LogP) is 4.54. The number of carbonyl (C=O) groups is 1. The monoisotopic (exact) mass is 491 g/mol. The van der Waals surface area contributed by atoms with Crippen LogP contribution in [0.25, 0.3) is 0 Å². The maximum absolute atomic E-state index is 12.0. The first-order valence-electron chi connectivity index (χ1n) is 11.2. The van der Waals surface area contributed by atoms with E-state index in [1.807, 2.05) is 20.8 Å². The molecule has 0 atom stereocenters. The van der Waals surface area contributed by atoms with Crippen LogP contribution >= 0.6 is 11.6 Å². The van der Waals surface area contributed by atoms with Gasteiger partial charge in [-0.3, -0.25) is 15.1 Å². The summed E-state index contributed by atoms with van der Waals surface area (Å²) in [5, 5.41) is 21.1. The Morgan fingerprint density at radius 2 is 1.97 bits per heavy atom. The van der Waals surface area contributed by atoms with E-state index in [1.165, 1.54) is 6.20 Å². The van der Waals surface area contributed by atoms with E-state index in [9.17, 15) is 14.9 Å². The van der Waals surface area contributed by atoms with Crippen LogP contribution in [0.5, 0.6) is 0 Å². The van der Waals surface area contributed by atoms with E-state index in [2.05, 4.69) is 30.9 Å². The Morgan fingerprint density at radius 3 is 2.62 bits per heavy atom. The number of hydrogen-bond donors (Lipinski definition) is 3. The van der Waals surface area contributed by atoms with Crippen LogP contribution in [0.4, 0.5) is 22.2 Å². The molecule has 1 aliphatic rings. The molecule has 0 saturated heterocycles. The highest BCUT2D eigenvalue weighted by Gasteiger charge is 2.26. The molecule has 3 rings (SSSR count). The quantitative estimate of drug-likeness (QED) is 0.358. The third kappa shape index (κ3) is 7.68. The zero-order valence-electron chi connectivity index (χ0n) is 19.5. The highest BCUT2D eigenvalue weighted by Crippen LogP contribution is 2.27. The summed E-state index contributed by atoms with van der Waals surface area (Å²) in [6.07, 6.45) is 7.38. The molecule has 1 fully saturated rings. The first-order chi connectivity index (χ1) is 16.1. The van der Waals surface area contributed by atoms with Crippen molar-refractivity contribution in [1.82, 2.24) is 20.3 Å². The van der Waals surface area contributed by atoms with E-state index >= 15 is 0 Å². The molecule has 2 aromatic rings. The minimum absolute atomic E-state index is 0.0644. The standard InChI is InChI=1S/C22H30ClN7O4/c1-22(2,3)34-21(31)28-16-6-4-14(5-7-16)10-25-19-18(30(32)33)13-27-20(29-19)26-12-15-11-24-9-8-17(15)23/h8-9,11,13-14,16H,4-7,10,12H2,1-3H3,(H,28,31)(H2,25,26,27,29)/t14-,16-. The van der Waals surface area contributed by atoms with Crippen LogP contribution in [0.15, 0.2) is 24.7 Å². The molecule has 0 bridgehead atoms. The van der Waals surface area contributed by atoms with E-state index in [4.69, 9.17) is 16.3 Å². The second kappa shape index (κ2) is 11.3. The van der Waals surface area contributed by atoms with Crippen molar-refractivity contribution >= 4 is 35.1 Å². The molecule has 1 amide bonds. The molecule has 0 unspecified atom stereocenters. The molecule has 2 heterocycles. The fourth-order valence-electron chi connectivity index (χ4n) is 3.67. The molecule has 0 aromatic carbocycles. The number of nitro groups is 1. The van der Waals surface area contributed by atoms with Crippen molar-refractivity contribution in [2.45, 2.75) is 64.6 Å². The molecule has 0 aliphatic heterocycles. The molecule has 184 valence electrons. The lowest BCUT2D eigenvalue weighted by Gasteiger charge is -2.30. The minimum atomic E-state index is -0.532. The number of rotatable bonds is 8. The number of alkyl carbamates (subject to hydrolysis) is 1. The summed E-state index contributed by atoms with van der Waals surface area (Å²) in [4.78, 5) is 35.3. The first-order valence-corrected chi connectivity index (χ1v) is 11.6. The number of ether oxygens (including phenoxy) is 1. The topological polar surface area (TPSA) is 144 Å². The van der Waals surface area contributed by atoms with Crippen LogP contribution in [0.1, 0.15) is 52.0 Å². The largest absolute Gasteiger partial charge is 0.444 e. The number of pyridine rings is 1. The fourth-order valence-corrected chi connectivity index (χ4v) is 3.84. The SMILES string of the molecule is CC(C)(C)OC(=O)N[C@H]1CC[C@H](CNc2nc(NCc3cnccc3Cl)ncc2[N+](=O)[O-])CC1. The Kier molecular flexibility index (Phi) is 8.43. The van der Waals surface area contributed by atoms with E-state index in [0.29, 0.717) is 24.0 Å². The van der Waals surface area contributed by atoms with Gasteiger partial charge < -0.3 is 20.7 Å². The molecule has 1 saturated carbocycles. The van der Waals surface area contributed by atoms with Crippen LogP contribution < -0.4 is 16.0 Å². The van der Waals surface area contributed by atoms with Gasteiger partial charge in [-0.1, -0.05) is 11.6 Å². The van der Waals surface area contributed by atoms with Gasteiger partial charge in [-0.2, -0.15) is 4.98 Å². The van der Waals surface area contributed by atoms with E-state index in [1.54, 1.807) is 18.5 Å². The number of amides is 1. The number of carbonyl (C=O) groups excluding carboxylic acids is 1. The number of halogens is 1. The molecule has 11 nitrogen and oxygen atoms in total. The van der Waals surface area contributed by atoms with Gasteiger partial charge in [0, 0.05) is 42.1 Å². The maximum atomic E-state index is 12.0. The lowest BCUT2D eigenvalue weighted by Crippen LogP contribution is -2.41. The maximum Gasteiger partial charge on any atom is 0.407 e.